The molecule has 0 aromatic heterocycles. The van der Waals surface area contributed by atoms with Crippen LogP contribution >= 0.6 is 27.5 Å². The molecule has 0 saturated carbocycles. The number of hydrogen-bond acceptors (Lipinski definition) is 4. The standard InChI is InChI=1S/C15H14BrClN2O3S/c1-2-22-13-5-8-15(16)11(9-13)10-18-19-23(20,21)14-6-3-12(17)4-7-14/h3-10,19H,2H2,1H3. The molecule has 0 amide bonds. The van der Waals surface area contributed by atoms with Crippen LogP contribution < -0.4 is 9.57 Å². The fourth-order valence-corrected chi connectivity index (χ4v) is 2.98. The quantitative estimate of drug-likeness (QED) is 0.574. The van der Waals surface area contributed by atoms with Gasteiger partial charge in [-0.2, -0.15) is 13.5 Å². The van der Waals surface area contributed by atoms with Gasteiger partial charge >= 0.3 is 0 Å². The Balaban J connectivity index is 2.14. The van der Waals surface area contributed by atoms with E-state index in [4.69, 9.17) is 16.3 Å². The molecular weight excluding hydrogens is 404 g/mol. The number of benzene rings is 2. The van der Waals surface area contributed by atoms with Gasteiger partial charge in [0, 0.05) is 15.1 Å². The van der Waals surface area contributed by atoms with Gasteiger partial charge in [0.15, 0.2) is 0 Å². The highest BCUT2D eigenvalue weighted by atomic mass is 79.9. The summed E-state index contributed by atoms with van der Waals surface area (Å²) >= 11 is 9.12. The molecule has 2 aromatic carbocycles. The second-order valence-electron chi connectivity index (χ2n) is 4.42. The molecule has 0 aliphatic heterocycles. The van der Waals surface area contributed by atoms with Gasteiger partial charge in [-0.25, -0.2) is 4.83 Å². The van der Waals surface area contributed by atoms with E-state index in [0.717, 1.165) is 4.47 Å². The summed E-state index contributed by atoms with van der Waals surface area (Å²) in [6.45, 7) is 2.43. The van der Waals surface area contributed by atoms with Crippen LogP contribution in [0.4, 0.5) is 0 Å². The third kappa shape index (κ3) is 4.95. The van der Waals surface area contributed by atoms with Crippen LogP contribution in [0.2, 0.25) is 5.02 Å². The highest BCUT2D eigenvalue weighted by Crippen LogP contribution is 2.21. The number of halogens is 2. The van der Waals surface area contributed by atoms with Crippen LogP contribution in [-0.2, 0) is 10.0 Å². The summed E-state index contributed by atoms with van der Waals surface area (Å²) in [5.41, 5.74) is 0.690. The molecule has 0 aliphatic carbocycles. The summed E-state index contributed by atoms with van der Waals surface area (Å²) in [5, 5.41) is 4.25. The zero-order valence-electron chi connectivity index (χ0n) is 12.2. The van der Waals surface area contributed by atoms with Gasteiger partial charge in [-0.05, 0) is 49.4 Å². The Morgan fingerprint density at radius 1 is 1.26 bits per heavy atom. The van der Waals surface area contributed by atoms with E-state index in [9.17, 15) is 8.42 Å². The Bertz CT molecular complexity index is 808. The van der Waals surface area contributed by atoms with Crippen LogP contribution in [0, 0.1) is 0 Å². The number of nitrogens with zero attached hydrogens (tertiary/aromatic N) is 1. The summed E-state index contributed by atoms with van der Waals surface area (Å²) < 4.78 is 30.3. The maximum atomic E-state index is 12.1. The van der Waals surface area contributed by atoms with Gasteiger partial charge in [-0.15, -0.1) is 0 Å². The van der Waals surface area contributed by atoms with Gasteiger partial charge in [-0.1, -0.05) is 27.5 Å². The van der Waals surface area contributed by atoms with E-state index in [1.54, 1.807) is 12.1 Å². The lowest BCUT2D eigenvalue weighted by molar-refractivity contribution is 0.340. The summed E-state index contributed by atoms with van der Waals surface area (Å²) in [5.74, 6) is 0.678. The molecule has 1 N–H and O–H groups in total. The molecule has 2 aromatic rings. The molecule has 122 valence electrons. The third-order valence-electron chi connectivity index (χ3n) is 2.78. The van der Waals surface area contributed by atoms with Crippen molar-refractivity contribution in [3.63, 3.8) is 0 Å². The van der Waals surface area contributed by atoms with Crippen LogP contribution in [-0.4, -0.2) is 21.2 Å². The molecule has 0 fully saturated rings. The summed E-state index contributed by atoms with van der Waals surface area (Å²) in [4.78, 5) is 2.24. The monoisotopic (exact) mass is 416 g/mol. The van der Waals surface area contributed by atoms with Crippen molar-refractivity contribution in [3.8, 4) is 5.75 Å². The van der Waals surface area contributed by atoms with Crippen molar-refractivity contribution in [1.29, 1.82) is 0 Å². The largest absolute Gasteiger partial charge is 0.494 e. The Labute approximate surface area is 148 Å². The fraction of sp³-hybridized carbons (Fsp3) is 0.133. The molecule has 0 spiro atoms. The molecule has 8 heteroatoms. The Hall–Kier alpha value is -1.57. The maximum absolute atomic E-state index is 12.1. The number of hydrogen-bond donors (Lipinski definition) is 1. The molecule has 23 heavy (non-hydrogen) atoms. The molecule has 2 rings (SSSR count). The fourth-order valence-electron chi connectivity index (χ4n) is 1.71. The summed E-state index contributed by atoms with van der Waals surface area (Å²) in [6, 6.07) is 11.2. The van der Waals surface area contributed by atoms with Gasteiger partial charge in [0.2, 0.25) is 0 Å². The van der Waals surface area contributed by atoms with Crippen molar-refractivity contribution in [2.24, 2.45) is 5.10 Å². The normalized spacial score (nSPS) is 11.6. The zero-order valence-corrected chi connectivity index (χ0v) is 15.3. The van der Waals surface area contributed by atoms with Crippen molar-refractivity contribution in [3.05, 3.63) is 57.5 Å². The SMILES string of the molecule is CCOc1ccc(Br)c(C=NNS(=O)(=O)c2ccc(Cl)cc2)c1. The minimum Gasteiger partial charge on any atom is -0.494 e. The Morgan fingerprint density at radius 2 is 1.96 bits per heavy atom. The van der Waals surface area contributed by atoms with Gasteiger partial charge in [0.25, 0.3) is 10.0 Å². The highest BCUT2D eigenvalue weighted by Gasteiger charge is 2.12. The van der Waals surface area contributed by atoms with Crippen molar-refractivity contribution >= 4 is 43.8 Å². The van der Waals surface area contributed by atoms with Gasteiger partial charge in [0.1, 0.15) is 5.75 Å². The van der Waals surface area contributed by atoms with E-state index < -0.39 is 10.0 Å². The number of nitrogens with one attached hydrogen (secondary N) is 1. The second kappa shape index (κ2) is 7.81. The maximum Gasteiger partial charge on any atom is 0.276 e. The first-order valence-corrected chi connectivity index (χ1v) is 9.30. The summed E-state index contributed by atoms with van der Waals surface area (Å²) in [7, 11) is -3.73. The van der Waals surface area contributed by atoms with Crippen LogP contribution in [0.5, 0.6) is 5.75 Å². The topological polar surface area (TPSA) is 67.8 Å². The first kappa shape index (κ1) is 17.8. The predicted octanol–water partition coefficient (Wildman–Crippen LogP) is 3.81. The van der Waals surface area contributed by atoms with Crippen molar-refractivity contribution in [2.45, 2.75) is 11.8 Å². The van der Waals surface area contributed by atoms with E-state index in [0.29, 0.717) is 22.9 Å². The van der Waals surface area contributed by atoms with Crippen molar-refractivity contribution < 1.29 is 13.2 Å². The lowest BCUT2D eigenvalue weighted by Crippen LogP contribution is -2.18. The van der Waals surface area contributed by atoms with E-state index in [-0.39, 0.29) is 4.90 Å². The van der Waals surface area contributed by atoms with Gasteiger partial charge in [0.05, 0.1) is 17.7 Å². The average Bonchev–Trinajstić information content (AvgIpc) is 2.51. The smallest absolute Gasteiger partial charge is 0.276 e. The van der Waals surface area contributed by atoms with Crippen LogP contribution in [0.3, 0.4) is 0 Å². The average molecular weight is 418 g/mol. The van der Waals surface area contributed by atoms with Crippen LogP contribution in [0.25, 0.3) is 0 Å². The molecule has 5 nitrogen and oxygen atoms in total. The van der Waals surface area contributed by atoms with E-state index in [2.05, 4.69) is 25.9 Å². The molecule has 0 bridgehead atoms. The molecule has 0 aliphatic rings. The molecule has 0 atom stereocenters. The van der Waals surface area contributed by atoms with E-state index >= 15 is 0 Å². The molecule has 0 radical (unpaired) electrons. The molecular formula is C15H14BrClN2O3S. The van der Waals surface area contributed by atoms with E-state index in [1.807, 2.05) is 13.0 Å². The zero-order chi connectivity index (χ0) is 16.9. The number of rotatable bonds is 6. The lowest BCUT2D eigenvalue weighted by atomic mass is 10.2. The molecule has 0 heterocycles. The predicted molar refractivity (Wildman–Crippen MR) is 94.7 cm³/mol. The summed E-state index contributed by atoms with van der Waals surface area (Å²) in [6.07, 6.45) is 1.40. The van der Waals surface area contributed by atoms with Crippen LogP contribution in [0.15, 0.2) is 56.9 Å². The number of hydrazone groups is 1. The molecule has 0 unspecified atom stereocenters. The third-order valence-corrected chi connectivity index (χ3v) is 4.99. The minimum absolute atomic E-state index is 0.0844. The van der Waals surface area contributed by atoms with Crippen LogP contribution in [0.1, 0.15) is 12.5 Å². The Morgan fingerprint density at radius 3 is 2.61 bits per heavy atom. The lowest BCUT2D eigenvalue weighted by Gasteiger charge is -2.06. The van der Waals surface area contributed by atoms with Gasteiger partial charge < -0.3 is 4.74 Å². The first-order chi connectivity index (χ1) is 10.9. The van der Waals surface area contributed by atoms with Crippen molar-refractivity contribution in [2.75, 3.05) is 6.61 Å². The molecule has 0 saturated heterocycles. The van der Waals surface area contributed by atoms with Crippen molar-refractivity contribution in [1.82, 2.24) is 4.83 Å². The number of sulfonamides is 1. The second-order valence-corrected chi connectivity index (χ2v) is 7.37. The highest BCUT2D eigenvalue weighted by molar-refractivity contribution is 9.10. The van der Waals surface area contributed by atoms with Gasteiger partial charge in [-0.3, -0.25) is 0 Å². The van der Waals surface area contributed by atoms with E-state index in [1.165, 1.54) is 30.5 Å². The number of ether oxygens (including phenoxy) is 1. The Kier molecular flexibility index (Phi) is 6.04. The minimum atomic E-state index is -3.73. The first-order valence-electron chi connectivity index (χ1n) is 6.65.